The molecule has 1 N–H and O–H groups in total. The van der Waals surface area contributed by atoms with Gasteiger partial charge in [0, 0.05) is 17.3 Å². The molecule has 2 aromatic rings. The normalized spacial score (nSPS) is 9.68. The molecular formula is C18H17NO3. The second-order valence-electron chi connectivity index (χ2n) is 4.66. The lowest BCUT2D eigenvalue weighted by Crippen LogP contribution is -2.12. The van der Waals surface area contributed by atoms with Gasteiger partial charge in [-0.1, -0.05) is 18.1 Å². The van der Waals surface area contributed by atoms with E-state index in [1.807, 2.05) is 13.0 Å². The van der Waals surface area contributed by atoms with E-state index in [-0.39, 0.29) is 12.5 Å². The Bertz CT molecular complexity index is 717. The van der Waals surface area contributed by atoms with Crippen molar-refractivity contribution >= 4 is 11.6 Å². The Morgan fingerprint density at radius 3 is 2.82 bits per heavy atom. The monoisotopic (exact) mass is 295 g/mol. The standard InChI is InChI=1S/C18H17NO3/c1-4-10-22-16-7-5-6-15(12-16)19-18(20)14-9-8-13(2)17(11-14)21-3/h1,5-9,11-12H,10H2,2-3H3,(H,19,20). The van der Waals surface area contributed by atoms with E-state index < -0.39 is 0 Å². The minimum Gasteiger partial charge on any atom is -0.496 e. The average molecular weight is 295 g/mol. The number of hydrogen-bond donors (Lipinski definition) is 1. The van der Waals surface area contributed by atoms with Crippen LogP contribution >= 0.6 is 0 Å². The lowest BCUT2D eigenvalue weighted by Gasteiger charge is -2.10. The number of amides is 1. The molecule has 0 heterocycles. The fourth-order valence-corrected chi connectivity index (χ4v) is 1.95. The molecule has 4 nitrogen and oxygen atoms in total. The molecular weight excluding hydrogens is 278 g/mol. The number of terminal acetylenes is 1. The molecule has 2 aromatic carbocycles. The molecule has 4 heteroatoms. The Labute approximate surface area is 130 Å². The number of ether oxygens (including phenoxy) is 2. The SMILES string of the molecule is C#CCOc1cccc(NC(=O)c2ccc(C)c(OC)c2)c1. The summed E-state index contributed by atoms with van der Waals surface area (Å²) in [5, 5.41) is 2.82. The molecule has 22 heavy (non-hydrogen) atoms. The molecule has 0 spiro atoms. The van der Waals surface area contributed by atoms with Gasteiger partial charge >= 0.3 is 0 Å². The van der Waals surface area contributed by atoms with Crippen LogP contribution in [0.15, 0.2) is 42.5 Å². The Balaban J connectivity index is 2.13. The topological polar surface area (TPSA) is 47.6 Å². The molecule has 0 saturated heterocycles. The van der Waals surface area contributed by atoms with Gasteiger partial charge in [0.1, 0.15) is 18.1 Å². The summed E-state index contributed by atoms with van der Waals surface area (Å²) in [4.78, 5) is 12.3. The van der Waals surface area contributed by atoms with Crippen molar-refractivity contribution in [1.29, 1.82) is 0 Å². The number of hydrogen-bond acceptors (Lipinski definition) is 3. The van der Waals surface area contributed by atoms with Gasteiger partial charge in [0.25, 0.3) is 5.91 Å². The second kappa shape index (κ2) is 7.19. The first-order valence-corrected chi connectivity index (χ1v) is 6.76. The number of aryl methyl sites for hydroxylation is 1. The molecule has 112 valence electrons. The van der Waals surface area contributed by atoms with Crippen molar-refractivity contribution in [2.45, 2.75) is 6.92 Å². The minimum absolute atomic E-state index is 0.187. The first-order chi connectivity index (χ1) is 10.6. The largest absolute Gasteiger partial charge is 0.496 e. The summed E-state index contributed by atoms with van der Waals surface area (Å²) in [7, 11) is 1.58. The van der Waals surface area contributed by atoms with Crippen molar-refractivity contribution in [3.63, 3.8) is 0 Å². The summed E-state index contributed by atoms with van der Waals surface area (Å²) < 4.78 is 10.6. The molecule has 0 aliphatic heterocycles. The molecule has 0 unspecified atom stereocenters. The lowest BCUT2D eigenvalue weighted by molar-refractivity contribution is 0.102. The maximum atomic E-state index is 12.3. The number of methoxy groups -OCH3 is 1. The van der Waals surface area contributed by atoms with Crippen LogP contribution in [-0.2, 0) is 0 Å². The van der Waals surface area contributed by atoms with Crippen LogP contribution < -0.4 is 14.8 Å². The molecule has 0 aliphatic rings. The third kappa shape index (κ3) is 3.80. The molecule has 1 amide bonds. The van der Waals surface area contributed by atoms with Crippen LogP contribution in [0.3, 0.4) is 0 Å². The van der Waals surface area contributed by atoms with Crippen LogP contribution in [0.4, 0.5) is 5.69 Å². The quantitative estimate of drug-likeness (QED) is 0.861. The maximum Gasteiger partial charge on any atom is 0.255 e. The molecule has 0 atom stereocenters. The van der Waals surface area contributed by atoms with E-state index in [1.54, 1.807) is 43.5 Å². The highest BCUT2D eigenvalue weighted by Crippen LogP contribution is 2.21. The highest BCUT2D eigenvalue weighted by molar-refractivity contribution is 6.04. The van der Waals surface area contributed by atoms with Crippen molar-refractivity contribution in [2.75, 3.05) is 19.0 Å². The van der Waals surface area contributed by atoms with Crippen LogP contribution in [0.1, 0.15) is 15.9 Å². The first kappa shape index (κ1) is 15.5. The fraction of sp³-hybridized carbons (Fsp3) is 0.167. The lowest BCUT2D eigenvalue weighted by atomic mass is 10.1. The van der Waals surface area contributed by atoms with Gasteiger partial charge in [-0.2, -0.15) is 0 Å². The number of anilines is 1. The van der Waals surface area contributed by atoms with Crippen molar-refractivity contribution in [1.82, 2.24) is 0 Å². The Kier molecular flexibility index (Phi) is 5.05. The third-order valence-corrected chi connectivity index (χ3v) is 3.08. The molecule has 0 radical (unpaired) electrons. The van der Waals surface area contributed by atoms with Crippen LogP contribution in [0.25, 0.3) is 0 Å². The zero-order valence-electron chi connectivity index (χ0n) is 12.6. The highest BCUT2D eigenvalue weighted by Gasteiger charge is 2.09. The Morgan fingerprint density at radius 2 is 2.09 bits per heavy atom. The van der Waals surface area contributed by atoms with Gasteiger partial charge in [-0.15, -0.1) is 6.42 Å². The molecule has 0 aliphatic carbocycles. The molecule has 0 saturated carbocycles. The number of benzene rings is 2. The predicted octanol–water partition coefficient (Wildman–Crippen LogP) is 3.27. The van der Waals surface area contributed by atoms with Crippen LogP contribution in [-0.4, -0.2) is 19.6 Å². The van der Waals surface area contributed by atoms with Crippen LogP contribution in [0.5, 0.6) is 11.5 Å². The Morgan fingerprint density at radius 1 is 1.27 bits per heavy atom. The number of nitrogens with one attached hydrogen (secondary N) is 1. The number of carbonyl (C=O) groups is 1. The van der Waals surface area contributed by atoms with Crippen LogP contribution in [0, 0.1) is 19.3 Å². The summed E-state index contributed by atoms with van der Waals surface area (Å²) in [6.07, 6.45) is 5.15. The smallest absolute Gasteiger partial charge is 0.255 e. The maximum absolute atomic E-state index is 12.3. The van der Waals surface area contributed by atoms with Crippen molar-refractivity contribution in [2.24, 2.45) is 0 Å². The van der Waals surface area contributed by atoms with Gasteiger partial charge in [-0.05, 0) is 36.8 Å². The molecule has 0 bridgehead atoms. The first-order valence-electron chi connectivity index (χ1n) is 6.76. The van der Waals surface area contributed by atoms with Gasteiger partial charge in [0.05, 0.1) is 7.11 Å². The van der Waals surface area contributed by atoms with Gasteiger partial charge < -0.3 is 14.8 Å². The summed E-state index contributed by atoms with van der Waals surface area (Å²) >= 11 is 0. The summed E-state index contributed by atoms with van der Waals surface area (Å²) in [5.41, 5.74) is 2.14. The van der Waals surface area contributed by atoms with Gasteiger partial charge in [0.15, 0.2) is 0 Å². The van der Waals surface area contributed by atoms with E-state index in [0.29, 0.717) is 22.7 Å². The van der Waals surface area contributed by atoms with Crippen molar-refractivity contribution in [3.8, 4) is 23.8 Å². The minimum atomic E-state index is -0.215. The summed E-state index contributed by atoms with van der Waals surface area (Å²) in [6, 6.07) is 12.4. The zero-order chi connectivity index (χ0) is 15.9. The highest BCUT2D eigenvalue weighted by atomic mass is 16.5. The van der Waals surface area contributed by atoms with E-state index in [9.17, 15) is 4.79 Å². The van der Waals surface area contributed by atoms with E-state index in [1.165, 1.54) is 0 Å². The number of rotatable bonds is 5. The zero-order valence-corrected chi connectivity index (χ0v) is 12.6. The number of carbonyl (C=O) groups excluding carboxylic acids is 1. The summed E-state index contributed by atoms with van der Waals surface area (Å²) in [5.74, 6) is 3.47. The second-order valence-corrected chi connectivity index (χ2v) is 4.66. The third-order valence-electron chi connectivity index (χ3n) is 3.08. The molecule has 0 fully saturated rings. The van der Waals surface area contributed by atoms with E-state index in [4.69, 9.17) is 15.9 Å². The summed E-state index contributed by atoms with van der Waals surface area (Å²) in [6.45, 7) is 2.11. The fourth-order valence-electron chi connectivity index (χ4n) is 1.95. The Hall–Kier alpha value is -2.93. The van der Waals surface area contributed by atoms with Gasteiger partial charge in [-0.25, -0.2) is 0 Å². The predicted molar refractivity (Wildman–Crippen MR) is 86.5 cm³/mol. The van der Waals surface area contributed by atoms with Gasteiger partial charge in [-0.3, -0.25) is 4.79 Å². The molecule has 0 aromatic heterocycles. The molecule has 2 rings (SSSR count). The van der Waals surface area contributed by atoms with E-state index in [0.717, 1.165) is 5.56 Å². The van der Waals surface area contributed by atoms with E-state index in [2.05, 4.69) is 11.2 Å². The van der Waals surface area contributed by atoms with Gasteiger partial charge in [0.2, 0.25) is 0 Å². The van der Waals surface area contributed by atoms with E-state index >= 15 is 0 Å². The average Bonchev–Trinajstić information content (AvgIpc) is 2.53. The van der Waals surface area contributed by atoms with Crippen LogP contribution in [0.2, 0.25) is 0 Å². The van der Waals surface area contributed by atoms with Crippen molar-refractivity contribution < 1.29 is 14.3 Å². The van der Waals surface area contributed by atoms with Crippen molar-refractivity contribution in [3.05, 3.63) is 53.6 Å².